The van der Waals surface area contributed by atoms with Crippen LogP contribution in [-0.2, 0) is 23.9 Å². The molecule has 1 aliphatic rings. The molecule has 0 aromatic rings. The Labute approximate surface area is 121 Å². The van der Waals surface area contributed by atoms with E-state index < -0.39 is 48.7 Å². The Hall–Kier alpha value is -1.55. The minimum Gasteiger partial charge on any atom is -0.462 e. The molecule has 120 valence electrons. The van der Waals surface area contributed by atoms with Crippen LogP contribution < -0.4 is 16.8 Å². The molecular weight excluding hydrogens is 282 g/mol. The highest BCUT2D eigenvalue weighted by Crippen LogP contribution is 2.06. The van der Waals surface area contributed by atoms with E-state index in [2.05, 4.69) is 10.1 Å². The SMILES string of the molecule is C[C@@H](O)[C@H](N)C(=O)OC(=O)[C@@H](N)COC(=O)[C@@H]1CCCN1. The molecule has 1 fully saturated rings. The third-order valence-corrected chi connectivity index (χ3v) is 3.05. The molecule has 1 heterocycles. The molecule has 1 saturated heterocycles. The molecule has 0 bridgehead atoms. The fourth-order valence-corrected chi connectivity index (χ4v) is 1.67. The number of hydrogen-bond acceptors (Lipinski definition) is 9. The fraction of sp³-hybridized carbons (Fsp3) is 0.750. The predicted octanol–water partition coefficient (Wildman–Crippen LogP) is -2.61. The molecule has 0 spiro atoms. The Morgan fingerprint density at radius 3 is 2.52 bits per heavy atom. The van der Waals surface area contributed by atoms with Crippen LogP contribution in [0.5, 0.6) is 0 Å². The van der Waals surface area contributed by atoms with E-state index in [9.17, 15) is 14.4 Å². The molecule has 9 nitrogen and oxygen atoms in total. The van der Waals surface area contributed by atoms with Crippen LogP contribution in [0.4, 0.5) is 0 Å². The Kier molecular flexibility index (Phi) is 6.69. The van der Waals surface area contributed by atoms with Gasteiger partial charge in [-0.2, -0.15) is 0 Å². The van der Waals surface area contributed by atoms with Crippen molar-refractivity contribution in [1.82, 2.24) is 5.32 Å². The summed E-state index contributed by atoms with van der Waals surface area (Å²) in [6.07, 6.45) is 0.382. The van der Waals surface area contributed by atoms with E-state index in [0.29, 0.717) is 6.42 Å². The van der Waals surface area contributed by atoms with Crippen LogP contribution in [0.1, 0.15) is 19.8 Å². The highest BCUT2D eigenvalue weighted by atomic mass is 16.6. The molecule has 4 atom stereocenters. The van der Waals surface area contributed by atoms with Gasteiger partial charge in [0, 0.05) is 0 Å². The Morgan fingerprint density at radius 2 is 2.00 bits per heavy atom. The average Bonchev–Trinajstić information content (AvgIpc) is 2.97. The molecule has 21 heavy (non-hydrogen) atoms. The fourth-order valence-electron chi connectivity index (χ4n) is 1.67. The van der Waals surface area contributed by atoms with Crippen molar-refractivity contribution < 1.29 is 29.0 Å². The van der Waals surface area contributed by atoms with E-state index in [-0.39, 0.29) is 0 Å². The zero-order valence-corrected chi connectivity index (χ0v) is 11.8. The molecule has 1 aliphatic heterocycles. The lowest BCUT2D eigenvalue weighted by Crippen LogP contribution is -2.46. The molecule has 9 heteroatoms. The van der Waals surface area contributed by atoms with Crippen LogP contribution in [0.15, 0.2) is 0 Å². The van der Waals surface area contributed by atoms with Gasteiger partial charge in [-0.3, -0.25) is 4.79 Å². The molecular formula is C12H21N3O6. The Balaban J connectivity index is 2.33. The van der Waals surface area contributed by atoms with Crippen LogP contribution in [0.2, 0.25) is 0 Å². The first-order valence-corrected chi connectivity index (χ1v) is 6.67. The summed E-state index contributed by atoms with van der Waals surface area (Å²) in [5.41, 5.74) is 10.8. The summed E-state index contributed by atoms with van der Waals surface area (Å²) in [6, 6.07) is -3.02. The summed E-state index contributed by atoms with van der Waals surface area (Å²) in [5.74, 6) is -2.65. The maximum Gasteiger partial charge on any atom is 0.334 e. The summed E-state index contributed by atoms with van der Waals surface area (Å²) in [7, 11) is 0. The monoisotopic (exact) mass is 303 g/mol. The first-order chi connectivity index (χ1) is 9.82. The lowest BCUT2D eigenvalue weighted by Gasteiger charge is -2.16. The van der Waals surface area contributed by atoms with Crippen LogP contribution in [-0.4, -0.2) is 60.4 Å². The van der Waals surface area contributed by atoms with Crippen molar-refractivity contribution in [2.75, 3.05) is 13.2 Å². The highest BCUT2D eigenvalue weighted by molar-refractivity contribution is 5.91. The normalized spacial score (nSPS) is 22.2. The highest BCUT2D eigenvalue weighted by Gasteiger charge is 2.28. The van der Waals surface area contributed by atoms with E-state index in [1.165, 1.54) is 6.92 Å². The van der Waals surface area contributed by atoms with E-state index in [1.54, 1.807) is 0 Å². The maximum absolute atomic E-state index is 11.6. The zero-order valence-electron chi connectivity index (χ0n) is 11.8. The number of ether oxygens (including phenoxy) is 2. The lowest BCUT2D eigenvalue weighted by atomic mass is 10.2. The van der Waals surface area contributed by atoms with Crippen molar-refractivity contribution in [3.05, 3.63) is 0 Å². The summed E-state index contributed by atoms with van der Waals surface area (Å²) in [4.78, 5) is 34.4. The maximum atomic E-state index is 11.6. The lowest BCUT2D eigenvalue weighted by molar-refractivity contribution is -0.164. The standard InChI is InChI=1S/C12H21N3O6/c1-6(16)9(14)12(19)21-10(17)7(13)5-20-11(18)8-3-2-4-15-8/h6-9,15-16H,2-5,13-14H2,1H3/t6-,7+,8+,9+/m1/s1. The van der Waals surface area contributed by atoms with E-state index in [1.807, 2.05) is 0 Å². The van der Waals surface area contributed by atoms with Crippen molar-refractivity contribution in [1.29, 1.82) is 0 Å². The summed E-state index contributed by atoms with van der Waals surface area (Å²) in [6.45, 7) is 1.62. The Morgan fingerprint density at radius 1 is 1.33 bits per heavy atom. The van der Waals surface area contributed by atoms with Gasteiger partial charge in [0.25, 0.3) is 0 Å². The quantitative estimate of drug-likeness (QED) is 0.305. The number of carbonyl (C=O) groups is 3. The van der Waals surface area contributed by atoms with Gasteiger partial charge in [0.2, 0.25) is 0 Å². The molecule has 6 N–H and O–H groups in total. The number of rotatable bonds is 6. The van der Waals surface area contributed by atoms with Gasteiger partial charge in [0.15, 0.2) is 0 Å². The minimum absolute atomic E-state index is 0.390. The number of nitrogens with two attached hydrogens (primary N) is 2. The largest absolute Gasteiger partial charge is 0.462 e. The second-order valence-electron chi connectivity index (χ2n) is 4.89. The minimum atomic E-state index is -1.34. The molecule has 0 unspecified atom stereocenters. The second kappa shape index (κ2) is 8.03. The first-order valence-electron chi connectivity index (χ1n) is 6.67. The number of nitrogens with one attached hydrogen (secondary N) is 1. The summed E-state index contributed by atoms with van der Waals surface area (Å²) < 4.78 is 9.28. The predicted molar refractivity (Wildman–Crippen MR) is 70.7 cm³/mol. The average molecular weight is 303 g/mol. The van der Waals surface area contributed by atoms with Gasteiger partial charge in [-0.15, -0.1) is 0 Å². The van der Waals surface area contributed by atoms with Crippen LogP contribution >= 0.6 is 0 Å². The van der Waals surface area contributed by atoms with Gasteiger partial charge in [-0.1, -0.05) is 0 Å². The number of aliphatic hydroxyl groups excluding tert-OH is 1. The number of hydrogen-bond donors (Lipinski definition) is 4. The van der Waals surface area contributed by atoms with Crippen molar-refractivity contribution in [3.63, 3.8) is 0 Å². The van der Waals surface area contributed by atoms with Gasteiger partial charge < -0.3 is 31.4 Å². The topological polar surface area (TPSA) is 154 Å². The van der Waals surface area contributed by atoms with E-state index >= 15 is 0 Å². The number of carbonyl (C=O) groups excluding carboxylic acids is 3. The van der Waals surface area contributed by atoms with Gasteiger partial charge in [0.05, 0.1) is 6.10 Å². The van der Waals surface area contributed by atoms with Crippen LogP contribution in [0.25, 0.3) is 0 Å². The van der Waals surface area contributed by atoms with Crippen molar-refractivity contribution >= 4 is 17.9 Å². The van der Waals surface area contributed by atoms with Crippen molar-refractivity contribution in [3.8, 4) is 0 Å². The zero-order chi connectivity index (χ0) is 16.0. The number of esters is 3. The van der Waals surface area contributed by atoms with E-state index in [0.717, 1.165) is 13.0 Å². The molecule has 0 saturated carbocycles. The molecule has 0 aromatic heterocycles. The molecule has 0 amide bonds. The summed E-state index contributed by atoms with van der Waals surface area (Å²) in [5, 5.41) is 12.0. The molecule has 0 aromatic carbocycles. The first kappa shape index (κ1) is 17.5. The van der Waals surface area contributed by atoms with Gasteiger partial charge in [-0.25, -0.2) is 9.59 Å². The third-order valence-electron chi connectivity index (χ3n) is 3.05. The molecule has 0 aliphatic carbocycles. The van der Waals surface area contributed by atoms with Crippen LogP contribution in [0, 0.1) is 0 Å². The summed E-state index contributed by atoms with van der Waals surface area (Å²) >= 11 is 0. The van der Waals surface area contributed by atoms with Crippen LogP contribution in [0.3, 0.4) is 0 Å². The second-order valence-corrected chi connectivity index (χ2v) is 4.89. The molecule has 1 rings (SSSR count). The smallest absolute Gasteiger partial charge is 0.334 e. The van der Waals surface area contributed by atoms with Crippen molar-refractivity contribution in [2.45, 2.75) is 44.0 Å². The van der Waals surface area contributed by atoms with Gasteiger partial charge in [0.1, 0.15) is 24.7 Å². The molecule has 0 radical (unpaired) electrons. The van der Waals surface area contributed by atoms with Crippen molar-refractivity contribution in [2.24, 2.45) is 11.5 Å². The van der Waals surface area contributed by atoms with Gasteiger partial charge >= 0.3 is 17.9 Å². The van der Waals surface area contributed by atoms with Gasteiger partial charge in [-0.05, 0) is 26.3 Å². The Bertz CT molecular complexity index is 394. The van der Waals surface area contributed by atoms with E-state index in [4.69, 9.17) is 21.3 Å². The number of aliphatic hydroxyl groups is 1. The third kappa shape index (κ3) is 5.38.